The number of benzene rings is 2. The molecule has 2 aromatic carbocycles. The molecule has 0 saturated heterocycles. The van der Waals surface area contributed by atoms with Gasteiger partial charge in [0.1, 0.15) is 0 Å². The van der Waals surface area contributed by atoms with Crippen LogP contribution in [-0.4, -0.2) is 15.8 Å². The summed E-state index contributed by atoms with van der Waals surface area (Å²) in [6.45, 7) is 2.76. The topological polar surface area (TPSA) is 36.1 Å². The van der Waals surface area contributed by atoms with E-state index >= 15 is 0 Å². The average molecular weight is 325 g/mol. The Balaban J connectivity index is 1.64. The lowest BCUT2D eigenvalue weighted by atomic mass is 10.1. The second kappa shape index (κ2) is 5.43. The summed E-state index contributed by atoms with van der Waals surface area (Å²) in [4.78, 5) is 18.0. The number of carbonyl (C=O) groups excluding carboxylic acids is 1. The van der Waals surface area contributed by atoms with E-state index in [-0.39, 0.29) is 11.9 Å². The minimum atomic E-state index is 0.114. The molecule has 1 aliphatic heterocycles. The highest BCUT2D eigenvalue weighted by Crippen LogP contribution is 2.34. The molecule has 0 fully saturated rings. The van der Waals surface area contributed by atoms with Crippen molar-refractivity contribution in [3.63, 3.8) is 0 Å². The lowest BCUT2D eigenvalue weighted by Crippen LogP contribution is -2.29. The maximum atomic E-state index is 12.9. The van der Waals surface area contributed by atoms with Crippen molar-refractivity contribution in [3.05, 3.63) is 70.4 Å². The van der Waals surface area contributed by atoms with Gasteiger partial charge in [-0.05, 0) is 41.8 Å². The molecule has 1 aliphatic rings. The smallest absolute Gasteiger partial charge is 0.227 e. The van der Waals surface area contributed by atoms with Crippen molar-refractivity contribution in [2.75, 3.05) is 0 Å². The van der Waals surface area contributed by atoms with Gasteiger partial charge < -0.3 is 9.88 Å². The van der Waals surface area contributed by atoms with Crippen molar-refractivity contribution in [1.82, 2.24) is 9.88 Å². The van der Waals surface area contributed by atoms with Crippen LogP contribution >= 0.6 is 11.6 Å². The predicted molar refractivity (Wildman–Crippen MR) is 92.4 cm³/mol. The van der Waals surface area contributed by atoms with E-state index in [1.54, 1.807) is 0 Å². The van der Waals surface area contributed by atoms with E-state index in [0.29, 0.717) is 18.0 Å². The molecule has 3 nitrogen and oxygen atoms in total. The number of rotatable bonds is 2. The molecule has 0 radical (unpaired) electrons. The van der Waals surface area contributed by atoms with Gasteiger partial charge in [-0.2, -0.15) is 0 Å². The number of H-pyrrole nitrogens is 1. The molecule has 1 atom stereocenters. The zero-order chi connectivity index (χ0) is 16.0. The van der Waals surface area contributed by atoms with Gasteiger partial charge >= 0.3 is 0 Å². The van der Waals surface area contributed by atoms with Gasteiger partial charge in [-0.3, -0.25) is 4.79 Å². The molecule has 0 unspecified atom stereocenters. The Kier molecular flexibility index (Phi) is 3.38. The number of fused-ring (bicyclic) bond motifs is 2. The number of amides is 1. The first-order chi connectivity index (χ1) is 11.1. The SMILES string of the molecule is C[C@H]1c2ccccc2CN1C(=O)Cc1c(Cl)ccc2[nH]ccc12. The van der Waals surface area contributed by atoms with Crippen LogP contribution in [0.5, 0.6) is 0 Å². The van der Waals surface area contributed by atoms with Crippen molar-refractivity contribution in [3.8, 4) is 0 Å². The van der Waals surface area contributed by atoms with Crippen LogP contribution in [0, 0.1) is 0 Å². The third kappa shape index (κ3) is 2.32. The predicted octanol–water partition coefficient (Wildman–Crippen LogP) is 4.47. The summed E-state index contributed by atoms with van der Waals surface area (Å²) in [5, 5.41) is 1.67. The van der Waals surface area contributed by atoms with Crippen molar-refractivity contribution < 1.29 is 4.79 Å². The third-order valence-electron chi connectivity index (χ3n) is 4.75. The lowest BCUT2D eigenvalue weighted by Gasteiger charge is -2.22. The Morgan fingerprint density at radius 1 is 1.26 bits per heavy atom. The highest BCUT2D eigenvalue weighted by molar-refractivity contribution is 6.32. The Morgan fingerprint density at radius 3 is 2.91 bits per heavy atom. The van der Waals surface area contributed by atoms with E-state index < -0.39 is 0 Å². The first kappa shape index (κ1) is 14.3. The van der Waals surface area contributed by atoms with Crippen LogP contribution in [0.1, 0.15) is 29.7 Å². The van der Waals surface area contributed by atoms with Gasteiger partial charge in [-0.15, -0.1) is 0 Å². The summed E-state index contributed by atoms with van der Waals surface area (Å²) in [6.07, 6.45) is 2.20. The van der Waals surface area contributed by atoms with E-state index in [2.05, 4.69) is 24.0 Å². The van der Waals surface area contributed by atoms with Gasteiger partial charge in [-0.25, -0.2) is 0 Å². The summed E-state index contributed by atoms with van der Waals surface area (Å²) in [5.74, 6) is 0.115. The number of halogens is 1. The summed E-state index contributed by atoms with van der Waals surface area (Å²) in [6, 6.07) is 14.1. The molecule has 0 aliphatic carbocycles. The van der Waals surface area contributed by atoms with Crippen molar-refractivity contribution >= 4 is 28.4 Å². The highest BCUT2D eigenvalue weighted by Gasteiger charge is 2.30. The average Bonchev–Trinajstić information content (AvgIpc) is 3.15. The summed E-state index contributed by atoms with van der Waals surface area (Å²) in [5.41, 5.74) is 4.39. The van der Waals surface area contributed by atoms with Crippen LogP contribution in [0.25, 0.3) is 10.9 Å². The van der Waals surface area contributed by atoms with E-state index in [0.717, 1.165) is 16.5 Å². The van der Waals surface area contributed by atoms with Crippen LogP contribution in [0.4, 0.5) is 0 Å². The van der Waals surface area contributed by atoms with E-state index in [1.807, 2.05) is 41.4 Å². The van der Waals surface area contributed by atoms with Gasteiger partial charge in [0, 0.05) is 28.7 Å². The standard InChI is InChI=1S/C19H17ClN2O/c1-12-14-5-3-2-4-13(14)11-22(12)19(23)10-16-15-8-9-21-18(15)7-6-17(16)20/h2-9,12,21H,10-11H2,1H3/t12-/m0/s1. The van der Waals surface area contributed by atoms with Crippen LogP contribution in [0.2, 0.25) is 5.02 Å². The van der Waals surface area contributed by atoms with Gasteiger partial charge in [0.25, 0.3) is 0 Å². The monoisotopic (exact) mass is 324 g/mol. The number of aromatic amines is 1. The third-order valence-corrected chi connectivity index (χ3v) is 5.10. The normalized spacial score (nSPS) is 16.8. The zero-order valence-electron chi connectivity index (χ0n) is 12.8. The molecule has 4 heteroatoms. The number of aromatic nitrogens is 1. The molecule has 116 valence electrons. The molecule has 0 saturated carbocycles. The first-order valence-electron chi connectivity index (χ1n) is 7.77. The Bertz CT molecular complexity index is 899. The van der Waals surface area contributed by atoms with Crippen LogP contribution in [-0.2, 0) is 17.8 Å². The molecular weight excluding hydrogens is 308 g/mol. The van der Waals surface area contributed by atoms with Crippen molar-refractivity contribution in [2.45, 2.75) is 25.9 Å². The van der Waals surface area contributed by atoms with Crippen LogP contribution in [0.15, 0.2) is 48.7 Å². The number of carbonyl (C=O) groups is 1. The van der Waals surface area contributed by atoms with E-state index in [4.69, 9.17) is 11.6 Å². The van der Waals surface area contributed by atoms with Gasteiger partial charge in [0.05, 0.1) is 12.5 Å². The second-order valence-electron chi connectivity index (χ2n) is 6.04. The second-order valence-corrected chi connectivity index (χ2v) is 6.45. The molecular formula is C19H17ClN2O. The zero-order valence-corrected chi connectivity index (χ0v) is 13.6. The molecule has 3 aromatic rings. The summed E-state index contributed by atoms with van der Waals surface area (Å²) >= 11 is 6.35. The first-order valence-corrected chi connectivity index (χ1v) is 8.14. The summed E-state index contributed by atoms with van der Waals surface area (Å²) in [7, 11) is 0. The maximum Gasteiger partial charge on any atom is 0.227 e. The molecule has 1 aromatic heterocycles. The van der Waals surface area contributed by atoms with E-state index in [1.165, 1.54) is 11.1 Å². The Labute approximate surface area is 139 Å². The Morgan fingerprint density at radius 2 is 2.09 bits per heavy atom. The molecule has 23 heavy (non-hydrogen) atoms. The lowest BCUT2D eigenvalue weighted by molar-refractivity contribution is -0.132. The summed E-state index contributed by atoms with van der Waals surface area (Å²) < 4.78 is 0. The van der Waals surface area contributed by atoms with Gasteiger partial charge in [0.2, 0.25) is 5.91 Å². The fourth-order valence-electron chi connectivity index (χ4n) is 3.48. The van der Waals surface area contributed by atoms with Crippen molar-refractivity contribution in [2.24, 2.45) is 0 Å². The number of hydrogen-bond donors (Lipinski definition) is 1. The molecule has 1 amide bonds. The minimum absolute atomic E-state index is 0.114. The van der Waals surface area contributed by atoms with Gasteiger partial charge in [0.15, 0.2) is 0 Å². The number of nitrogens with zero attached hydrogens (tertiary/aromatic N) is 1. The fraction of sp³-hybridized carbons (Fsp3) is 0.211. The quantitative estimate of drug-likeness (QED) is 0.742. The van der Waals surface area contributed by atoms with Gasteiger partial charge in [-0.1, -0.05) is 35.9 Å². The Hall–Kier alpha value is -2.26. The number of hydrogen-bond acceptors (Lipinski definition) is 1. The minimum Gasteiger partial charge on any atom is -0.361 e. The molecule has 2 heterocycles. The van der Waals surface area contributed by atoms with Crippen LogP contribution in [0.3, 0.4) is 0 Å². The number of nitrogens with one attached hydrogen (secondary N) is 1. The van der Waals surface area contributed by atoms with Crippen LogP contribution < -0.4 is 0 Å². The largest absolute Gasteiger partial charge is 0.361 e. The molecule has 4 rings (SSSR count). The highest BCUT2D eigenvalue weighted by atomic mass is 35.5. The van der Waals surface area contributed by atoms with E-state index in [9.17, 15) is 4.79 Å². The molecule has 0 spiro atoms. The van der Waals surface area contributed by atoms with Crippen molar-refractivity contribution in [1.29, 1.82) is 0 Å². The maximum absolute atomic E-state index is 12.9. The molecule has 0 bridgehead atoms. The molecule has 1 N–H and O–H groups in total. The fourth-order valence-corrected chi connectivity index (χ4v) is 3.71.